The van der Waals surface area contributed by atoms with Gasteiger partial charge in [0.05, 0.1) is 31.6 Å². The van der Waals surface area contributed by atoms with Crippen molar-refractivity contribution in [2.24, 2.45) is 5.92 Å². The highest BCUT2D eigenvalue weighted by Crippen LogP contribution is 2.26. The first-order valence-corrected chi connectivity index (χ1v) is 19.3. The number of esters is 1. The summed E-state index contributed by atoms with van der Waals surface area (Å²) in [6.45, 7) is 4.79. The maximum absolute atomic E-state index is 13.7. The van der Waals surface area contributed by atoms with Crippen molar-refractivity contribution in [3.8, 4) is 0 Å². The number of ketones is 1. The van der Waals surface area contributed by atoms with E-state index in [0.717, 1.165) is 50.4 Å². The highest BCUT2D eigenvalue weighted by molar-refractivity contribution is 5.99. The fraction of sp³-hybridized carbons (Fsp3) is 0.538. The van der Waals surface area contributed by atoms with Crippen LogP contribution in [0.5, 0.6) is 0 Å². The van der Waals surface area contributed by atoms with Crippen LogP contribution in [0.15, 0.2) is 35.3 Å². The standard InChI is InChI=1S/C39H49F3N8O9/c1-5-25-18-28(52)21-49(25)30(53)11-9-7-6-8-10-27(51)16-17-29(36(57)59-4)45-34(55)23-12-14-26(15-13-23)50(37(58)39(40,41)42)20-24-19-43-32-31(44-24)35(56)48-38(46-32)47-33(54)22(2)3/h12-15,19,22,25,28-29,52H,5-11,16-18,20-21H2,1-4H3,(H,45,55)(H2,43,46,47,48,54,56)/t25-,28-,29+/m1/s1. The van der Waals surface area contributed by atoms with Crippen LogP contribution in [-0.4, -0.2) is 103 Å². The van der Waals surface area contributed by atoms with Crippen LogP contribution in [0.25, 0.3) is 11.2 Å². The first kappa shape index (κ1) is 45.9. The van der Waals surface area contributed by atoms with Gasteiger partial charge in [0, 0.05) is 49.0 Å². The molecular formula is C39H49F3N8O9. The van der Waals surface area contributed by atoms with E-state index < -0.39 is 60.0 Å². The third-order valence-corrected chi connectivity index (χ3v) is 9.77. The van der Waals surface area contributed by atoms with Crippen molar-refractivity contribution in [1.29, 1.82) is 0 Å². The number of carbonyl (C=O) groups is 6. The second kappa shape index (κ2) is 20.8. The number of likely N-dealkylation sites (tertiary alicyclic amines) is 1. The van der Waals surface area contributed by atoms with Crippen molar-refractivity contribution in [3.05, 3.63) is 52.1 Å². The van der Waals surface area contributed by atoms with Crippen LogP contribution in [0, 0.1) is 5.92 Å². The van der Waals surface area contributed by atoms with Crippen molar-refractivity contribution >= 4 is 58.2 Å². The summed E-state index contributed by atoms with van der Waals surface area (Å²) in [5, 5.41) is 14.8. The molecule has 1 saturated heterocycles. The number of alkyl halides is 3. The number of aliphatic hydroxyl groups excluding tert-OH is 1. The van der Waals surface area contributed by atoms with E-state index in [4.69, 9.17) is 4.74 Å². The van der Waals surface area contributed by atoms with Gasteiger partial charge in [0.2, 0.25) is 17.8 Å². The lowest BCUT2D eigenvalue weighted by molar-refractivity contribution is -0.170. The number of amides is 4. The molecule has 1 aliphatic heterocycles. The van der Waals surface area contributed by atoms with Crippen LogP contribution in [0.3, 0.4) is 0 Å². The Morgan fingerprint density at radius 1 is 1.02 bits per heavy atom. The topological polar surface area (TPSA) is 234 Å². The molecule has 1 aliphatic rings. The molecule has 2 aromatic heterocycles. The van der Waals surface area contributed by atoms with Gasteiger partial charge in [0.15, 0.2) is 11.2 Å². The van der Waals surface area contributed by atoms with Crippen LogP contribution in [0.4, 0.5) is 24.8 Å². The molecular weight excluding hydrogens is 781 g/mol. The first-order chi connectivity index (χ1) is 27.9. The summed E-state index contributed by atoms with van der Waals surface area (Å²) in [5.74, 6) is -5.08. The zero-order valence-electron chi connectivity index (χ0n) is 33.3. The molecule has 17 nitrogen and oxygen atoms in total. The number of ether oxygens (including phenoxy) is 1. The number of nitrogens with one attached hydrogen (secondary N) is 3. The highest BCUT2D eigenvalue weighted by Gasteiger charge is 2.43. The molecule has 0 bridgehead atoms. The molecule has 20 heteroatoms. The summed E-state index contributed by atoms with van der Waals surface area (Å²) in [7, 11) is 1.11. The van der Waals surface area contributed by atoms with Gasteiger partial charge >= 0.3 is 18.1 Å². The molecule has 0 saturated carbocycles. The Morgan fingerprint density at radius 3 is 2.32 bits per heavy atom. The van der Waals surface area contributed by atoms with E-state index in [9.17, 15) is 51.8 Å². The van der Waals surface area contributed by atoms with Gasteiger partial charge in [0.1, 0.15) is 11.8 Å². The number of benzene rings is 1. The van der Waals surface area contributed by atoms with Gasteiger partial charge in [-0.25, -0.2) is 14.8 Å². The van der Waals surface area contributed by atoms with Crippen LogP contribution in [0.2, 0.25) is 0 Å². The highest BCUT2D eigenvalue weighted by atomic mass is 19.4. The molecule has 0 aliphatic carbocycles. The number of aromatic nitrogens is 4. The minimum absolute atomic E-state index is 0.0199. The number of aromatic amines is 1. The Morgan fingerprint density at radius 2 is 1.69 bits per heavy atom. The van der Waals surface area contributed by atoms with Crippen molar-refractivity contribution in [3.63, 3.8) is 0 Å². The number of halogens is 3. The number of hydrogen-bond donors (Lipinski definition) is 4. The number of nitrogens with zero attached hydrogens (tertiary/aromatic N) is 5. The Balaban J connectivity index is 1.33. The summed E-state index contributed by atoms with van der Waals surface area (Å²) < 4.78 is 46.0. The molecule has 3 atom stereocenters. The van der Waals surface area contributed by atoms with E-state index in [0.29, 0.717) is 43.5 Å². The fourth-order valence-corrected chi connectivity index (χ4v) is 6.48. The van der Waals surface area contributed by atoms with Crippen LogP contribution in [0.1, 0.15) is 101 Å². The summed E-state index contributed by atoms with van der Waals surface area (Å²) in [6.07, 6.45) is -0.231. The van der Waals surface area contributed by atoms with E-state index in [1.54, 1.807) is 18.7 Å². The summed E-state index contributed by atoms with van der Waals surface area (Å²) in [6, 6.07) is 3.28. The SMILES string of the molecule is CC[C@@H]1C[C@@H](O)CN1C(=O)CCCCCCC(=O)CC[C@H](NC(=O)c1ccc(N(Cc2cnc3nc(NC(=O)C(C)C)[nH]c(=O)c3n2)C(=O)C(F)(F)F)cc1)C(=O)OC. The van der Waals surface area contributed by atoms with Gasteiger partial charge < -0.3 is 20.1 Å². The van der Waals surface area contributed by atoms with Gasteiger partial charge in [0.25, 0.3) is 11.5 Å². The Kier molecular flexibility index (Phi) is 16.2. The number of hydrogen-bond acceptors (Lipinski definition) is 12. The smallest absolute Gasteiger partial charge is 0.467 e. The lowest BCUT2D eigenvalue weighted by Gasteiger charge is -2.24. The Labute approximate surface area is 337 Å². The minimum atomic E-state index is -5.33. The number of H-pyrrole nitrogens is 1. The van der Waals surface area contributed by atoms with Gasteiger partial charge in [-0.15, -0.1) is 0 Å². The zero-order valence-corrected chi connectivity index (χ0v) is 33.3. The molecule has 4 amide bonds. The number of anilines is 2. The number of methoxy groups -OCH3 is 1. The van der Waals surface area contributed by atoms with E-state index in [1.165, 1.54) is 0 Å². The lowest BCUT2D eigenvalue weighted by Crippen LogP contribution is -2.42. The fourth-order valence-electron chi connectivity index (χ4n) is 6.48. The number of aliphatic hydroxyl groups is 1. The second-order valence-electron chi connectivity index (χ2n) is 14.6. The number of fused-ring (bicyclic) bond motifs is 1. The van der Waals surface area contributed by atoms with Crippen LogP contribution in [-0.2, 0) is 35.3 Å². The average molecular weight is 831 g/mol. The third kappa shape index (κ3) is 12.8. The molecule has 4 N–H and O–H groups in total. The minimum Gasteiger partial charge on any atom is -0.467 e. The average Bonchev–Trinajstić information content (AvgIpc) is 3.59. The summed E-state index contributed by atoms with van der Waals surface area (Å²) in [4.78, 5) is 105. The first-order valence-electron chi connectivity index (χ1n) is 19.3. The largest absolute Gasteiger partial charge is 0.471 e. The predicted octanol–water partition coefficient (Wildman–Crippen LogP) is 3.74. The van der Waals surface area contributed by atoms with Crippen LogP contribution >= 0.6 is 0 Å². The number of rotatable bonds is 19. The predicted molar refractivity (Wildman–Crippen MR) is 207 cm³/mol. The summed E-state index contributed by atoms with van der Waals surface area (Å²) >= 11 is 0. The van der Waals surface area contributed by atoms with Gasteiger partial charge in [-0.2, -0.15) is 18.2 Å². The lowest BCUT2D eigenvalue weighted by atomic mass is 10.0. The number of Topliss-reactive ketones (excluding diaryl/α,β-unsaturated/α-hetero) is 1. The van der Waals surface area contributed by atoms with Crippen molar-refractivity contribution < 1.29 is 51.8 Å². The molecule has 0 radical (unpaired) electrons. The molecule has 1 fully saturated rings. The van der Waals surface area contributed by atoms with Crippen molar-refractivity contribution in [2.45, 2.75) is 116 Å². The number of carbonyl (C=O) groups excluding carboxylic acids is 6. The maximum atomic E-state index is 13.7. The molecule has 3 heterocycles. The maximum Gasteiger partial charge on any atom is 0.471 e. The van der Waals surface area contributed by atoms with E-state index in [1.807, 2.05) is 6.92 Å². The molecule has 0 unspecified atom stereocenters. The molecule has 1 aromatic carbocycles. The number of β-amino-alcohol motifs (C(OH)–C–C–N with tert-alkyl or cyclic N) is 1. The third-order valence-electron chi connectivity index (χ3n) is 9.77. The van der Waals surface area contributed by atoms with Crippen LogP contribution < -0.4 is 21.1 Å². The van der Waals surface area contributed by atoms with E-state index in [-0.39, 0.29) is 71.1 Å². The zero-order chi connectivity index (χ0) is 43.4. The molecule has 59 heavy (non-hydrogen) atoms. The second-order valence-corrected chi connectivity index (χ2v) is 14.6. The van der Waals surface area contributed by atoms with E-state index in [2.05, 4.69) is 30.6 Å². The Hall–Kier alpha value is -5.79. The van der Waals surface area contributed by atoms with Gasteiger partial charge in [-0.1, -0.05) is 33.6 Å². The molecule has 3 aromatic rings. The van der Waals surface area contributed by atoms with Crippen molar-refractivity contribution in [2.75, 3.05) is 23.9 Å². The van der Waals surface area contributed by atoms with Crippen molar-refractivity contribution in [1.82, 2.24) is 30.2 Å². The van der Waals surface area contributed by atoms with Gasteiger partial charge in [-0.05, 0) is 56.4 Å². The molecule has 4 rings (SSSR count). The quantitative estimate of drug-likeness (QED) is 0.1000. The Bertz CT molecular complexity index is 2060. The molecule has 320 valence electrons. The monoisotopic (exact) mass is 830 g/mol. The number of unbranched alkanes of at least 4 members (excludes halogenated alkanes) is 3. The van der Waals surface area contributed by atoms with Gasteiger partial charge in [-0.3, -0.25) is 44.0 Å². The van der Waals surface area contributed by atoms with E-state index >= 15 is 0 Å². The normalized spacial score (nSPS) is 15.8. The molecule has 0 spiro atoms. The summed E-state index contributed by atoms with van der Waals surface area (Å²) in [5.41, 5.74) is -1.99.